The molecule has 1 aliphatic rings. The summed E-state index contributed by atoms with van der Waals surface area (Å²) in [6.45, 7) is -0.193. The fraction of sp³-hybridized carbons (Fsp3) is 0.364. The summed E-state index contributed by atoms with van der Waals surface area (Å²) in [6.07, 6.45) is 0.501. The number of anilines is 1. The predicted octanol–water partition coefficient (Wildman–Crippen LogP) is 0.234. The van der Waals surface area contributed by atoms with Gasteiger partial charge in [0.1, 0.15) is 12.3 Å². The van der Waals surface area contributed by atoms with Crippen molar-refractivity contribution in [2.75, 3.05) is 23.9 Å². The van der Waals surface area contributed by atoms with Crippen LogP contribution in [0.5, 0.6) is 5.75 Å². The Morgan fingerprint density at radius 1 is 1.26 bits per heavy atom. The molecule has 104 valence electrons. The maximum atomic E-state index is 12.3. The highest BCUT2D eigenvalue weighted by Gasteiger charge is 2.35. The molecule has 0 unspecified atom stereocenters. The van der Waals surface area contributed by atoms with Gasteiger partial charge in [-0.2, -0.15) is 12.7 Å². The maximum Gasteiger partial charge on any atom is 0.318 e. The average Bonchev–Trinajstić information content (AvgIpc) is 2.32. The van der Waals surface area contributed by atoms with Crippen LogP contribution in [-0.2, 0) is 15.0 Å². The van der Waals surface area contributed by atoms with Crippen molar-refractivity contribution < 1.29 is 23.4 Å². The van der Waals surface area contributed by atoms with Crippen molar-refractivity contribution in [2.45, 2.75) is 6.42 Å². The number of nitrogens with zero attached hydrogens (tertiary/aromatic N) is 2. The number of para-hydroxylation sites is 2. The third kappa shape index (κ3) is 2.64. The summed E-state index contributed by atoms with van der Waals surface area (Å²) >= 11 is 0. The number of rotatable bonds is 3. The lowest BCUT2D eigenvalue weighted by molar-refractivity contribution is -0.137. The molecule has 1 fully saturated rings. The zero-order chi connectivity index (χ0) is 14.0. The number of carbonyl (C=O) groups is 1. The van der Waals surface area contributed by atoms with E-state index in [0.29, 0.717) is 6.42 Å². The van der Waals surface area contributed by atoms with Gasteiger partial charge in [-0.25, -0.2) is 0 Å². The second-order valence-corrected chi connectivity index (χ2v) is 6.00. The molecule has 1 aromatic rings. The third-order valence-electron chi connectivity index (χ3n) is 2.84. The van der Waals surface area contributed by atoms with E-state index in [9.17, 15) is 18.3 Å². The van der Waals surface area contributed by atoms with Crippen molar-refractivity contribution in [3.8, 4) is 5.75 Å². The molecule has 7 nitrogen and oxygen atoms in total. The minimum Gasteiger partial charge on any atom is -0.506 e. The molecule has 2 rings (SSSR count). The van der Waals surface area contributed by atoms with Crippen LogP contribution in [0.2, 0.25) is 0 Å². The zero-order valence-electron chi connectivity index (χ0n) is 10.1. The molecule has 1 aliphatic heterocycles. The summed E-state index contributed by atoms with van der Waals surface area (Å²) in [5.74, 6) is -1.36. The van der Waals surface area contributed by atoms with Crippen molar-refractivity contribution >= 4 is 21.9 Å². The summed E-state index contributed by atoms with van der Waals surface area (Å²) in [4.78, 5) is 10.7. The van der Waals surface area contributed by atoms with E-state index in [4.69, 9.17) is 5.11 Å². The Morgan fingerprint density at radius 2 is 1.95 bits per heavy atom. The van der Waals surface area contributed by atoms with Gasteiger partial charge in [-0.1, -0.05) is 12.1 Å². The predicted molar refractivity (Wildman–Crippen MR) is 68.2 cm³/mol. The first-order valence-corrected chi connectivity index (χ1v) is 7.10. The fourth-order valence-electron chi connectivity index (χ4n) is 1.99. The van der Waals surface area contributed by atoms with E-state index in [-0.39, 0.29) is 24.5 Å². The summed E-state index contributed by atoms with van der Waals surface area (Å²) in [5.41, 5.74) is 0.164. The van der Waals surface area contributed by atoms with Crippen LogP contribution in [0.15, 0.2) is 24.3 Å². The van der Waals surface area contributed by atoms with Crippen LogP contribution in [0.4, 0.5) is 5.69 Å². The molecule has 0 saturated carbocycles. The van der Waals surface area contributed by atoms with Gasteiger partial charge >= 0.3 is 16.2 Å². The first-order valence-electron chi connectivity index (χ1n) is 5.70. The van der Waals surface area contributed by atoms with Gasteiger partial charge in [-0.15, -0.1) is 0 Å². The monoisotopic (exact) mass is 286 g/mol. The number of carboxylic acid groups (broad SMARTS) is 1. The Bertz CT molecular complexity index is 587. The number of hydrogen-bond acceptors (Lipinski definition) is 4. The SMILES string of the molecule is O=C(O)CN1CCCN(c2ccccc2O)S1(=O)=O. The van der Waals surface area contributed by atoms with Gasteiger partial charge in [0.25, 0.3) is 0 Å². The molecular formula is C11H14N2O5S. The minimum atomic E-state index is -3.91. The lowest BCUT2D eigenvalue weighted by Crippen LogP contribution is -2.51. The van der Waals surface area contributed by atoms with E-state index >= 15 is 0 Å². The lowest BCUT2D eigenvalue weighted by atomic mass is 10.3. The summed E-state index contributed by atoms with van der Waals surface area (Å²) in [7, 11) is -3.91. The Morgan fingerprint density at radius 3 is 2.58 bits per heavy atom. The number of benzene rings is 1. The number of phenols is 1. The van der Waals surface area contributed by atoms with Crippen LogP contribution in [0, 0.1) is 0 Å². The number of hydrogen-bond donors (Lipinski definition) is 2. The Labute approximate surface area is 110 Å². The first kappa shape index (κ1) is 13.6. The number of carboxylic acids is 1. The molecule has 1 heterocycles. The maximum absolute atomic E-state index is 12.3. The van der Waals surface area contributed by atoms with E-state index < -0.39 is 22.7 Å². The van der Waals surface area contributed by atoms with E-state index in [2.05, 4.69) is 0 Å². The summed E-state index contributed by atoms with van der Waals surface area (Å²) < 4.78 is 26.5. The normalized spacial score (nSPS) is 19.3. The van der Waals surface area contributed by atoms with Crippen LogP contribution < -0.4 is 4.31 Å². The molecule has 0 bridgehead atoms. The van der Waals surface area contributed by atoms with Gasteiger partial charge in [-0.05, 0) is 18.6 Å². The van der Waals surface area contributed by atoms with Crippen molar-refractivity contribution in [3.05, 3.63) is 24.3 Å². The van der Waals surface area contributed by atoms with Gasteiger partial charge in [0.05, 0.1) is 5.69 Å². The molecule has 0 aromatic heterocycles. The van der Waals surface area contributed by atoms with Crippen LogP contribution in [-0.4, -0.2) is 48.5 Å². The molecule has 0 radical (unpaired) electrons. The van der Waals surface area contributed by atoms with Gasteiger partial charge in [0, 0.05) is 13.1 Å². The highest BCUT2D eigenvalue weighted by atomic mass is 32.2. The Balaban J connectivity index is 2.36. The van der Waals surface area contributed by atoms with E-state index in [1.807, 2.05) is 0 Å². The van der Waals surface area contributed by atoms with Crippen LogP contribution in [0.3, 0.4) is 0 Å². The van der Waals surface area contributed by atoms with Gasteiger partial charge in [0.15, 0.2) is 0 Å². The molecule has 1 saturated heterocycles. The standard InChI is InChI=1S/C11H14N2O5S/c14-10-5-2-1-4-9(10)13-7-3-6-12(8-11(15)16)19(13,17)18/h1-2,4-5,14H,3,6-8H2,(H,15,16). The topological polar surface area (TPSA) is 98.2 Å². The Kier molecular flexibility index (Phi) is 3.63. The van der Waals surface area contributed by atoms with Crippen molar-refractivity contribution in [3.63, 3.8) is 0 Å². The van der Waals surface area contributed by atoms with Crippen LogP contribution >= 0.6 is 0 Å². The zero-order valence-corrected chi connectivity index (χ0v) is 10.9. The molecule has 0 amide bonds. The molecule has 0 aliphatic carbocycles. The van der Waals surface area contributed by atoms with Crippen molar-refractivity contribution in [2.24, 2.45) is 0 Å². The number of phenolic OH excluding ortho intramolecular Hbond substituents is 1. The molecule has 19 heavy (non-hydrogen) atoms. The fourth-order valence-corrected chi connectivity index (χ4v) is 3.67. The highest BCUT2D eigenvalue weighted by Crippen LogP contribution is 2.31. The summed E-state index contributed by atoms with van der Waals surface area (Å²) in [6, 6.07) is 6.07. The third-order valence-corrected chi connectivity index (χ3v) is 4.74. The molecule has 8 heteroatoms. The second-order valence-electron chi connectivity index (χ2n) is 4.15. The first-order chi connectivity index (χ1) is 8.93. The highest BCUT2D eigenvalue weighted by molar-refractivity contribution is 7.90. The Hall–Kier alpha value is -1.80. The van der Waals surface area contributed by atoms with Gasteiger partial charge in [0.2, 0.25) is 0 Å². The summed E-state index contributed by atoms with van der Waals surface area (Å²) in [5, 5.41) is 18.5. The lowest BCUT2D eigenvalue weighted by Gasteiger charge is -2.35. The van der Waals surface area contributed by atoms with Crippen LogP contribution in [0.1, 0.15) is 6.42 Å². The molecule has 0 atom stereocenters. The van der Waals surface area contributed by atoms with Crippen molar-refractivity contribution in [1.82, 2.24) is 4.31 Å². The number of aromatic hydroxyl groups is 1. The van der Waals surface area contributed by atoms with Gasteiger partial charge < -0.3 is 10.2 Å². The molecule has 2 N–H and O–H groups in total. The molecular weight excluding hydrogens is 272 g/mol. The smallest absolute Gasteiger partial charge is 0.318 e. The second kappa shape index (κ2) is 5.06. The van der Waals surface area contributed by atoms with Gasteiger partial charge in [-0.3, -0.25) is 9.10 Å². The largest absolute Gasteiger partial charge is 0.506 e. The minimum absolute atomic E-state index is 0.150. The van der Waals surface area contributed by atoms with Crippen LogP contribution in [0.25, 0.3) is 0 Å². The molecule has 1 aromatic carbocycles. The van der Waals surface area contributed by atoms with Crippen molar-refractivity contribution in [1.29, 1.82) is 0 Å². The quantitative estimate of drug-likeness (QED) is 0.829. The number of aliphatic carboxylic acids is 1. The van der Waals surface area contributed by atoms with E-state index in [1.54, 1.807) is 12.1 Å². The molecule has 0 spiro atoms. The van der Waals surface area contributed by atoms with E-state index in [0.717, 1.165) is 8.61 Å². The average molecular weight is 286 g/mol. The van der Waals surface area contributed by atoms with E-state index in [1.165, 1.54) is 12.1 Å².